The van der Waals surface area contributed by atoms with Crippen LogP contribution in [-0.2, 0) is 0 Å². The van der Waals surface area contributed by atoms with Crippen LogP contribution in [0, 0.1) is 17.6 Å². The van der Waals surface area contributed by atoms with Crippen molar-refractivity contribution in [2.24, 2.45) is 5.92 Å². The van der Waals surface area contributed by atoms with Gasteiger partial charge in [0.05, 0.1) is 0 Å². The van der Waals surface area contributed by atoms with Gasteiger partial charge in [-0.3, -0.25) is 4.79 Å². The van der Waals surface area contributed by atoms with Crippen molar-refractivity contribution in [3.63, 3.8) is 0 Å². The lowest BCUT2D eigenvalue weighted by Gasteiger charge is -2.14. The molecule has 0 spiro atoms. The second-order valence-electron chi connectivity index (χ2n) is 5.12. The Bertz CT molecular complexity index is 463. The SMILES string of the molecule is CNc1c(F)cc(C(=O)NC(C)CC2CC2)cc1F. The smallest absolute Gasteiger partial charge is 0.251 e. The predicted molar refractivity (Wildman–Crippen MR) is 70.2 cm³/mol. The van der Waals surface area contributed by atoms with E-state index in [9.17, 15) is 13.6 Å². The summed E-state index contributed by atoms with van der Waals surface area (Å²) in [5, 5.41) is 5.19. The molecule has 1 aromatic carbocycles. The summed E-state index contributed by atoms with van der Waals surface area (Å²) in [6.07, 6.45) is 3.34. The van der Waals surface area contributed by atoms with Gasteiger partial charge in [0, 0.05) is 18.7 Å². The molecule has 0 saturated heterocycles. The molecular formula is C14H18F2N2O. The fraction of sp³-hybridized carbons (Fsp3) is 0.500. The summed E-state index contributed by atoms with van der Waals surface area (Å²) in [4.78, 5) is 11.9. The Morgan fingerprint density at radius 1 is 1.37 bits per heavy atom. The monoisotopic (exact) mass is 268 g/mol. The molecule has 0 heterocycles. The molecule has 1 unspecified atom stereocenters. The number of rotatable bonds is 5. The fourth-order valence-electron chi connectivity index (χ4n) is 2.16. The lowest BCUT2D eigenvalue weighted by atomic mass is 10.1. The molecule has 19 heavy (non-hydrogen) atoms. The van der Waals surface area contributed by atoms with E-state index in [1.807, 2.05) is 6.92 Å². The standard InChI is InChI=1S/C14H18F2N2O/c1-8(5-9-3-4-9)18-14(19)10-6-11(15)13(17-2)12(16)7-10/h6-9,17H,3-5H2,1-2H3,(H,18,19). The van der Waals surface area contributed by atoms with Crippen LogP contribution in [0.4, 0.5) is 14.5 Å². The van der Waals surface area contributed by atoms with Crippen LogP contribution in [0.2, 0.25) is 0 Å². The van der Waals surface area contributed by atoms with Crippen LogP contribution in [0.1, 0.15) is 36.5 Å². The van der Waals surface area contributed by atoms with E-state index < -0.39 is 17.5 Å². The highest BCUT2D eigenvalue weighted by Crippen LogP contribution is 2.33. The number of carbonyl (C=O) groups excluding carboxylic acids is 1. The van der Waals surface area contributed by atoms with Gasteiger partial charge < -0.3 is 10.6 Å². The molecule has 1 fully saturated rings. The summed E-state index contributed by atoms with van der Waals surface area (Å²) < 4.78 is 27.1. The van der Waals surface area contributed by atoms with Gasteiger partial charge in [0.25, 0.3) is 5.91 Å². The van der Waals surface area contributed by atoms with Crippen molar-refractivity contribution in [2.45, 2.75) is 32.2 Å². The van der Waals surface area contributed by atoms with E-state index in [1.165, 1.54) is 19.9 Å². The van der Waals surface area contributed by atoms with Crippen molar-refractivity contribution in [1.29, 1.82) is 0 Å². The third-order valence-electron chi connectivity index (χ3n) is 3.32. The van der Waals surface area contributed by atoms with Crippen molar-refractivity contribution in [1.82, 2.24) is 5.32 Å². The molecule has 1 aromatic rings. The Morgan fingerprint density at radius 2 is 1.95 bits per heavy atom. The van der Waals surface area contributed by atoms with Crippen LogP contribution in [0.3, 0.4) is 0 Å². The molecule has 3 nitrogen and oxygen atoms in total. The van der Waals surface area contributed by atoms with Crippen LogP contribution in [0.25, 0.3) is 0 Å². The predicted octanol–water partition coefficient (Wildman–Crippen LogP) is 2.92. The number of hydrogen-bond donors (Lipinski definition) is 2. The number of anilines is 1. The maximum atomic E-state index is 13.5. The first-order valence-electron chi connectivity index (χ1n) is 6.49. The van der Waals surface area contributed by atoms with Gasteiger partial charge in [0.15, 0.2) is 0 Å². The van der Waals surface area contributed by atoms with Crippen LogP contribution >= 0.6 is 0 Å². The molecule has 1 saturated carbocycles. The molecule has 0 bridgehead atoms. The van der Waals surface area contributed by atoms with Gasteiger partial charge in [-0.25, -0.2) is 8.78 Å². The average Bonchev–Trinajstić information content (AvgIpc) is 3.12. The van der Waals surface area contributed by atoms with Gasteiger partial charge in [-0.1, -0.05) is 12.8 Å². The first-order valence-corrected chi connectivity index (χ1v) is 6.49. The number of benzene rings is 1. The highest BCUT2D eigenvalue weighted by atomic mass is 19.1. The second kappa shape index (κ2) is 5.55. The minimum Gasteiger partial charge on any atom is -0.383 e. The van der Waals surface area contributed by atoms with E-state index >= 15 is 0 Å². The van der Waals surface area contributed by atoms with Crippen molar-refractivity contribution in [2.75, 3.05) is 12.4 Å². The van der Waals surface area contributed by atoms with E-state index in [-0.39, 0.29) is 17.3 Å². The van der Waals surface area contributed by atoms with Gasteiger partial charge in [0.1, 0.15) is 17.3 Å². The van der Waals surface area contributed by atoms with E-state index in [1.54, 1.807) is 0 Å². The first-order chi connectivity index (χ1) is 9.01. The summed E-state index contributed by atoms with van der Waals surface area (Å²) in [5.74, 6) is -1.27. The van der Waals surface area contributed by atoms with Gasteiger partial charge in [-0.05, 0) is 31.4 Å². The second-order valence-corrected chi connectivity index (χ2v) is 5.12. The highest BCUT2D eigenvalue weighted by Gasteiger charge is 2.24. The number of hydrogen-bond acceptors (Lipinski definition) is 2. The molecule has 104 valence electrons. The molecule has 1 aliphatic rings. The van der Waals surface area contributed by atoms with Gasteiger partial charge in [0.2, 0.25) is 0 Å². The van der Waals surface area contributed by atoms with Crippen LogP contribution < -0.4 is 10.6 Å². The summed E-state index contributed by atoms with van der Waals surface area (Å²) in [6, 6.07) is 2.12. The third-order valence-corrected chi connectivity index (χ3v) is 3.32. The molecule has 1 atom stereocenters. The fourth-order valence-corrected chi connectivity index (χ4v) is 2.16. The van der Waals surface area contributed by atoms with Crippen molar-refractivity contribution >= 4 is 11.6 Å². The van der Waals surface area contributed by atoms with E-state index in [0.717, 1.165) is 18.6 Å². The largest absolute Gasteiger partial charge is 0.383 e. The molecule has 2 N–H and O–H groups in total. The molecule has 5 heteroatoms. The molecule has 2 rings (SSSR count). The minimum absolute atomic E-state index is 0.0108. The Hall–Kier alpha value is -1.65. The zero-order chi connectivity index (χ0) is 14.0. The molecule has 1 aliphatic carbocycles. The van der Waals surface area contributed by atoms with Gasteiger partial charge in [-0.2, -0.15) is 0 Å². The third kappa shape index (κ3) is 3.43. The minimum atomic E-state index is -0.762. The van der Waals surface area contributed by atoms with E-state index in [4.69, 9.17) is 0 Å². The maximum Gasteiger partial charge on any atom is 0.251 e. The molecule has 0 radical (unpaired) electrons. The zero-order valence-electron chi connectivity index (χ0n) is 11.1. The topological polar surface area (TPSA) is 41.1 Å². The highest BCUT2D eigenvalue weighted by molar-refractivity contribution is 5.94. The quantitative estimate of drug-likeness (QED) is 0.862. The normalized spacial score (nSPS) is 16.0. The number of nitrogens with one attached hydrogen (secondary N) is 2. The van der Waals surface area contributed by atoms with Gasteiger partial charge in [-0.15, -0.1) is 0 Å². The number of carbonyl (C=O) groups is 1. The summed E-state index contributed by atoms with van der Waals surface area (Å²) in [6.45, 7) is 1.91. The number of amides is 1. The van der Waals surface area contributed by atoms with Crippen LogP contribution in [0.15, 0.2) is 12.1 Å². The summed E-state index contributed by atoms with van der Waals surface area (Å²) >= 11 is 0. The maximum absolute atomic E-state index is 13.5. The summed E-state index contributed by atoms with van der Waals surface area (Å²) in [5.41, 5.74) is -0.209. The van der Waals surface area contributed by atoms with Crippen LogP contribution in [0.5, 0.6) is 0 Å². The van der Waals surface area contributed by atoms with Crippen LogP contribution in [-0.4, -0.2) is 19.0 Å². The Kier molecular flexibility index (Phi) is 4.02. The van der Waals surface area contributed by atoms with Crippen molar-refractivity contribution in [3.8, 4) is 0 Å². The van der Waals surface area contributed by atoms with E-state index in [2.05, 4.69) is 10.6 Å². The van der Waals surface area contributed by atoms with Crippen molar-refractivity contribution < 1.29 is 13.6 Å². The molecule has 0 aromatic heterocycles. The molecular weight excluding hydrogens is 250 g/mol. The zero-order valence-corrected chi connectivity index (χ0v) is 11.1. The first kappa shape index (κ1) is 13.8. The summed E-state index contributed by atoms with van der Waals surface area (Å²) in [7, 11) is 1.43. The Balaban J connectivity index is 2.05. The Morgan fingerprint density at radius 3 is 2.42 bits per heavy atom. The molecule has 1 amide bonds. The van der Waals surface area contributed by atoms with Crippen molar-refractivity contribution in [3.05, 3.63) is 29.3 Å². The Labute approximate surface area is 111 Å². The average molecular weight is 268 g/mol. The van der Waals surface area contributed by atoms with E-state index in [0.29, 0.717) is 5.92 Å². The molecule has 0 aliphatic heterocycles. The van der Waals surface area contributed by atoms with Gasteiger partial charge >= 0.3 is 0 Å². The lowest BCUT2D eigenvalue weighted by molar-refractivity contribution is 0.0936. The lowest BCUT2D eigenvalue weighted by Crippen LogP contribution is -2.33. The number of halogens is 2.